The van der Waals surface area contributed by atoms with Crippen molar-refractivity contribution in [3.05, 3.63) is 81.6 Å². The highest BCUT2D eigenvalue weighted by Crippen LogP contribution is 2.45. The van der Waals surface area contributed by atoms with Crippen LogP contribution in [0.25, 0.3) is 11.1 Å². The van der Waals surface area contributed by atoms with Gasteiger partial charge < -0.3 is 5.32 Å². The fraction of sp³-hybridized carbons (Fsp3) is 0.280. The number of hydrogen-bond donors (Lipinski definition) is 1. The molecule has 0 spiro atoms. The number of nitrogens with zero attached hydrogens (tertiary/aromatic N) is 2. The SMILES string of the molecule is CCc1ccc([C@@H]2C3=C(CCCC3=O)Nc3c(-c4ccc(Cl)cc4)c(C)nn32)cc1. The fourth-order valence-electron chi connectivity index (χ4n) is 4.64. The van der Waals surface area contributed by atoms with Gasteiger partial charge in [0.25, 0.3) is 0 Å². The van der Waals surface area contributed by atoms with Gasteiger partial charge in [0.2, 0.25) is 0 Å². The minimum absolute atomic E-state index is 0.199. The van der Waals surface area contributed by atoms with Gasteiger partial charge in [0.1, 0.15) is 11.9 Å². The minimum Gasteiger partial charge on any atom is -0.343 e. The number of aryl methyl sites for hydroxylation is 2. The van der Waals surface area contributed by atoms with Gasteiger partial charge in [-0.1, -0.05) is 54.9 Å². The summed E-state index contributed by atoms with van der Waals surface area (Å²) in [6.45, 7) is 4.17. The summed E-state index contributed by atoms with van der Waals surface area (Å²) in [5.74, 6) is 1.17. The largest absolute Gasteiger partial charge is 0.343 e. The molecule has 2 heterocycles. The summed E-state index contributed by atoms with van der Waals surface area (Å²) in [5.41, 5.74) is 7.35. The molecule has 0 saturated carbocycles. The maximum Gasteiger partial charge on any atom is 0.163 e. The summed E-state index contributed by atoms with van der Waals surface area (Å²) in [7, 11) is 0. The van der Waals surface area contributed by atoms with Gasteiger partial charge in [-0.15, -0.1) is 0 Å². The standard InChI is InChI=1S/C25H24ClN3O/c1-3-16-7-9-18(10-8-16)24-23-20(5-4-6-21(23)30)27-25-22(15(2)28-29(24)25)17-11-13-19(26)14-12-17/h7-14,24,27H,3-6H2,1-2H3/t24-/m1/s1. The van der Waals surface area contributed by atoms with Crippen molar-refractivity contribution in [3.8, 4) is 11.1 Å². The molecule has 5 heteroatoms. The highest BCUT2D eigenvalue weighted by atomic mass is 35.5. The Bertz CT molecular complexity index is 1160. The van der Waals surface area contributed by atoms with Crippen molar-refractivity contribution in [3.63, 3.8) is 0 Å². The van der Waals surface area contributed by atoms with Gasteiger partial charge in [-0.25, -0.2) is 4.68 Å². The number of rotatable bonds is 3. The second kappa shape index (κ2) is 7.44. The third-order valence-electron chi connectivity index (χ3n) is 6.17. The van der Waals surface area contributed by atoms with E-state index in [1.807, 2.05) is 35.9 Å². The molecule has 0 fully saturated rings. The lowest BCUT2D eigenvalue weighted by Crippen LogP contribution is -2.31. The van der Waals surface area contributed by atoms with Crippen LogP contribution in [-0.4, -0.2) is 15.6 Å². The normalized spacial score (nSPS) is 18.1. The van der Waals surface area contributed by atoms with E-state index >= 15 is 0 Å². The molecule has 3 aromatic rings. The predicted octanol–water partition coefficient (Wildman–Crippen LogP) is 6.10. The summed E-state index contributed by atoms with van der Waals surface area (Å²) < 4.78 is 2.00. The molecule has 5 rings (SSSR count). The Kier molecular flexibility index (Phi) is 4.75. The van der Waals surface area contributed by atoms with E-state index in [-0.39, 0.29) is 11.8 Å². The summed E-state index contributed by atoms with van der Waals surface area (Å²) in [5, 5.41) is 9.20. The van der Waals surface area contributed by atoms with E-state index in [9.17, 15) is 4.79 Å². The van der Waals surface area contributed by atoms with Crippen LogP contribution in [0.15, 0.2) is 59.8 Å². The van der Waals surface area contributed by atoms with Crippen molar-refractivity contribution in [1.82, 2.24) is 9.78 Å². The smallest absolute Gasteiger partial charge is 0.163 e. The maximum atomic E-state index is 13.0. The molecular formula is C25H24ClN3O. The van der Waals surface area contributed by atoms with Crippen molar-refractivity contribution in [2.24, 2.45) is 0 Å². The number of benzene rings is 2. The number of carbonyl (C=O) groups is 1. The molecule has 0 bridgehead atoms. The molecule has 2 aliphatic rings. The van der Waals surface area contributed by atoms with Gasteiger partial charge >= 0.3 is 0 Å². The topological polar surface area (TPSA) is 46.9 Å². The highest BCUT2D eigenvalue weighted by Gasteiger charge is 2.37. The molecule has 152 valence electrons. The van der Waals surface area contributed by atoms with Crippen LogP contribution in [0.5, 0.6) is 0 Å². The number of carbonyl (C=O) groups excluding carboxylic acids is 1. The van der Waals surface area contributed by atoms with E-state index < -0.39 is 0 Å². The van der Waals surface area contributed by atoms with Gasteiger partial charge in [-0.3, -0.25) is 4.79 Å². The zero-order chi connectivity index (χ0) is 20.8. The van der Waals surface area contributed by atoms with Crippen LogP contribution in [0.3, 0.4) is 0 Å². The maximum absolute atomic E-state index is 13.0. The molecular weight excluding hydrogens is 394 g/mol. The summed E-state index contributed by atoms with van der Waals surface area (Å²) in [6.07, 6.45) is 3.36. The summed E-state index contributed by atoms with van der Waals surface area (Å²) in [4.78, 5) is 13.0. The van der Waals surface area contributed by atoms with Crippen LogP contribution in [0, 0.1) is 6.92 Å². The molecule has 4 nitrogen and oxygen atoms in total. The zero-order valence-electron chi connectivity index (χ0n) is 17.2. The van der Waals surface area contributed by atoms with Gasteiger partial charge in [-0.2, -0.15) is 5.10 Å². The van der Waals surface area contributed by atoms with E-state index in [1.54, 1.807) is 0 Å². The third kappa shape index (κ3) is 3.07. The fourth-order valence-corrected chi connectivity index (χ4v) is 4.76. The molecule has 1 atom stereocenters. The zero-order valence-corrected chi connectivity index (χ0v) is 18.0. The van der Waals surface area contributed by atoms with Gasteiger partial charge in [0, 0.05) is 28.3 Å². The number of fused-ring (bicyclic) bond motifs is 1. The van der Waals surface area contributed by atoms with Crippen molar-refractivity contribution >= 4 is 23.2 Å². The Morgan fingerprint density at radius 3 is 2.53 bits per heavy atom. The Labute approximate surface area is 181 Å². The third-order valence-corrected chi connectivity index (χ3v) is 6.42. The van der Waals surface area contributed by atoms with Crippen LogP contribution >= 0.6 is 11.6 Å². The first kappa shape index (κ1) is 19.1. The number of allylic oxidation sites excluding steroid dienone is 2. The Balaban J connectivity index is 1.71. The van der Waals surface area contributed by atoms with E-state index in [4.69, 9.17) is 16.7 Å². The molecule has 30 heavy (non-hydrogen) atoms. The average molecular weight is 418 g/mol. The number of ketones is 1. The van der Waals surface area contributed by atoms with Gasteiger partial charge in [-0.05, 0) is 55.0 Å². The van der Waals surface area contributed by atoms with Gasteiger partial charge in [0.15, 0.2) is 5.78 Å². The number of hydrogen-bond acceptors (Lipinski definition) is 3. The minimum atomic E-state index is -0.199. The number of aromatic nitrogens is 2. The van der Waals surface area contributed by atoms with Crippen molar-refractivity contribution in [2.75, 3.05) is 5.32 Å². The number of halogens is 1. The average Bonchev–Trinajstić information content (AvgIpc) is 3.08. The molecule has 1 aromatic heterocycles. The van der Waals surface area contributed by atoms with Crippen LogP contribution in [0.4, 0.5) is 5.82 Å². The Morgan fingerprint density at radius 2 is 1.83 bits per heavy atom. The number of nitrogens with one attached hydrogen (secondary N) is 1. The lowest BCUT2D eigenvalue weighted by atomic mass is 9.85. The molecule has 1 N–H and O–H groups in total. The quantitative estimate of drug-likeness (QED) is 0.560. The summed E-state index contributed by atoms with van der Waals surface area (Å²) in [6, 6.07) is 16.2. The first-order valence-corrected chi connectivity index (χ1v) is 10.9. The first-order valence-electron chi connectivity index (χ1n) is 10.5. The lowest BCUT2D eigenvalue weighted by Gasteiger charge is -2.33. The lowest BCUT2D eigenvalue weighted by molar-refractivity contribution is -0.116. The molecule has 0 unspecified atom stereocenters. The molecule has 0 radical (unpaired) electrons. The van der Waals surface area contributed by atoms with Crippen molar-refractivity contribution in [2.45, 2.75) is 45.6 Å². The number of Topliss-reactive ketones (excluding diaryl/α,β-unsaturated/α-hetero) is 1. The van der Waals surface area contributed by atoms with E-state index in [0.29, 0.717) is 11.4 Å². The number of anilines is 1. The van der Waals surface area contributed by atoms with E-state index in [0.717, 1.165) is 58.7 Å². The van der Waals surface area contributed by atoms with Crippen LogP contribution < -0.4 is 5.32 Å². The molecule has 2 aromatic carbocycles. The Morgan fingerprint density at radius 1 is 1.10 bits per heavy atom. The monoisotopic (exact) mass is 417 g/mol. The molecule has 1 aliphatic heterocycles. The first-order chi connectivity index (χ1) is 14.6. The molecule has 0 amide bonds. The van der Waals surface area contributed by atoms with Crippen LogP contribution in [0.1, 0.15) is 49.0 Å². The summed E-state index contributed by atoms with van der Waals surface area (Å²) >= 11 is 6.11. The van der Waals surface area contributed by atoms with Crippen LogP contribution in [-0.2, 0) is 11.2 Å². The Hall–Kier alpha value is -2.85. The molecule has 1 aliphatic carbocycles. The van der Waals surface area contributed by atoms with Gasteiger partial charge in [0.05, 0.1) is 5.69 Å². The second-order valence-corrected chi connectivity index (χ2v) is 8.49. The van der Waals surface area contributed by atoms with Crippen molar-refractivity contribution in [1.29, 1.82) is 0 Å². The molecule has 0 saturated heterocycles. The second-order valence-electron chi connectivity index (χ2n) is 8.05. The van der Waals surface area contributed by atoms with Crippen LogP contribution in [0.2, 0.25) is 5.02 Å². The highest BCUT2D eigenvalue weighted by molar-refractivity contribution is 6.30. The predicted molar refractivity (Wildman–Crippen MR) is 121 cm³/mol. The van der Waals surface area contributed by atoms with Crippen molar-refractivity contribution < 1.29 is 4.79 Å². The van der Waals surface area contributed by atoms with E-state index in [1.165, 1.54) is 5.56 Å². The van der Waals surface area contributed by atoms with E-state index in [2.05, 4.69) is 36.5 Å².